The summed E-state index contributed by atoms with van der Waals surface area (Å²) in [4.78, 5) is 12.0. The first-order valence-corrected chi connectivity index (χ1v) is 10.2. The Balaban J connectivity index is 2.18. The summed E-state index contributed by atoms with van der Waals surface area (Å²) in [6.45, 7) is 4.17. The van der Waals surface area contributed by atoms with Gasteiger partial charge in [0.2, 0.25) is 0 Å². The van der Waals surface area contributed by atoms with Crippen LogP contribution in [0.25, 0.3) is 0 Å². The zero-order valence-corrected chi connectivity index (χ0v) is 16.4. The zero-order valence-electron chi connectivity index (χ0n) is 16.4. The minimum absolute atomic E-state index is 0.237. The van der Waals surface area contributed by atoms with E-state index in [1.165, 1.54) is 51.4 Å². The van der Waals surface area contributed by atoms with Crippen LogP contribution in [-0.4, -0.2) is 12.1 Å². The number of ether oxygens (including phenoxy) is 1. The van der Waals surface area contributed by atoms with Crippen molar-refractivity contribution >= 4 is 5.97 Å². The van der Waals surface area contributed by atoms with Gasteiger partial charge in [0.25, 0.3) is 0 Å². The molecule has 0 saturated heterocycles. The van der Waals surface area contributed by atoms with E-state index in [0.717, 1.165) is 37.5 Å². The van der Waals surface area contributed by atoms with Crippen molar-refractivity contribution in [3.8, 4) is 0 Å². The lowest BCUT2D eigenvalue weighted by molar-refractivity contribution is 0.0261. The van der Waals surface area contributed by atoms with Crippen molar-refractivity contribution < 1.29 is 18.3 Å². The lowest BCUT2D eigenvalue weighted by Gasteiger charge is -2.16. The first kappa shape index (κ1) is 22.6. The Morgan fingerprint density at radius 2 is 1.50 bits per heavy atom. The minimum atomic E-state index is -0.777. The maximum Gasteiger partial charge on any atom is 0.341 e. The van der Waals surface area contributed by atoms with Gasteiger partial charge >= 0.3 is 5.97 Å². The first-order chi connectivity index (χ1) is 12.6. The maximum atomic E-state index is 13.6. The molecule has 2 nitrogen and oxygen atoms in total. The van der Waals surface area contributed by atoms with Crippen molar-refractivity contribution in [1.29, 1.82) is 0 Å². The molecule has 0 spiro atoms. The number of hydrogen-bond acceptors (Lipinski definition) is 2. The predicted molar refractivity (Wildman–Crippen MR) is 102 cm³/mol. The number of unbranched alkanes of at least 4 members (excludes halogenated alkanes) is 9. The van der Waals surface area contributed by atoms with Crippen molar-refractivity contribution in [2.24, 2.45) is 0 Å². The highest BCUT2D eigenvalue weighted by molar-refractivity contribution is 5.89. The van der Waals surface area contributed by atoms with Gasteiger partial charge in [0, 0.05) is 0 Å². The smallest absolute Gasteiger partial charge is 0.341 e. The normalized spacial score (nSPS) is 12.2. The average Bonchev–Trinajstić information content (AvgIpc) is 2.64. The molecule has 0 radical (unpaired) electrons. The second-order valence-corrected chi connectivity index (χ2v) is 7.03. The highest BCUT2D eigenvalue weighted by Crippen LogP contribution is 2.17. The molecular weight excluding hydrogens is 334 g/mol. The van der Waals surface area contributed by atoms with Gasteiger partial charge in [-0.25, -0.2) is 13.6 Å². The van der Waals surface area contributed by atoms with Crippen LogP contribution in [0.3, 0.4) is 0 Å². The van der Waals surface area contributed by atoms with Gasteiger partial charge in [-0.05, 0) is 37.5 Å². The predicted octanol–water partition coefficient (Wildman–Crippen LogP) is 7.21. The second kappa shape index (κ2) is 13.7. The Bertz CT molecular complexity index is 517. The number of carbonyl (C=O) groups excluding carboxylic acids is 1. The van der Waals surface area contributed by atoms with Gasteiger partial charge in [-0.15, -0.1) is 0 Å². The number of benzene rings is 1. The Morgan fingerprint density at radius 3 is 2.08 bits per heavy atom. The summed E-state index contributed by atoms with van der Waals surface area (Å²) in [5, 5.41) is 0. The summed E-state index contributed by atoms with van der Waals surface area (Å²) in [5.41, 5.74) is -0.327. The van der Waals surface area contributed by atoms with Crippen LogP contribution in [-0.2, 0) is 4.74 Å². The van der Waals surface area contributed by atoms with Crippen LogP contribution in [0.2, 0.25) is 0 Å². The Morgan fingerprint density at radius 1 is 0.923 bits per heavy atom. The quantitative estimate of drug-likeness (QED) is 0.256. The maximum absolute atomic E-state index is 13.6. The Labute approximate surface area is 157 Å². The largest absolute Gasteiger partial charge is 0.459 e. The van der Waals surface area contributed by atoms with Crippen LogP contribution >= 0.6 is 0 Å². The van der Waals surface area contributed by atoms with Gasteiger partial charge in [-0.3, -0.25) is 0 Å². The summed E-state index contributed by atoms with van der Waals surface area (Å²) < 4.78 is 32.2. The molecule has 0 aliphatic heterocycles. The molecule has 0 aliphatic carbocycles. The van der Waals surface area contributed by atoms with Gasteiger partial charge in [0.05, 0.1) is 5.56 Å². The molecule has 0 heterocycles. The number of hydrogen-bond donors (Lipinski definition) is 0. The van der Waals surface area contributed by atoms with Gasteiger partial charge in [-0.2, -0.15) is 0 Å². The molecule has 1 aromatic carbocycles. The van der Waals surface area contributed by atoms with Crippen molar-refractivity contribution in [1.82, 2.24) is 0 Å². The van der Waals surface area contributed by atoms with Crippen LogP contribution in [0.5, 0.6) is 0 Å². The molecule has 0 fully saturated rings. The second-order valence-electron chi connectivity index (χ2n) is 7.03. The van der Waals surface area contributed by atoms with Crippen LogP contribution in [0.4, 0.5) is 8.78 Å². The molecular formula is C22H34F2O2. The molecule has 0 saturated carbocycles. The van der Waals surface area contributed by atoms with Gasteiger partial charge in [-0.1, -0.05) is 71.6 Å². The molecule has 4 heteroatoms. The third-order valence-corrected chi connectivity index (χ3v) is 4.76. The highest BCUT2D eigenvalue weighted by atomic mass is 19.1. The molecule has 0 N–H and O–H groups in total. The Kier molecular flexibility index (Phi) is 11.9. The van der Waals surface area contributed by atoms with Gasteiger partial charge < -0.3 is 4.74 Å². The minimum Gasteiger partial charge on any atom is -0.459 e. The third kappa shape index (κ3) is 9.30. The zero-order chi connectivity index (χ0) is 19.2. The highest BCUT2D eigenvalue weighted by Gasteiger charge is 2.18. The summed E-state index contributed by atoms with van der Waals surface area (Å²) in [7, 11) is 0. The van der Waals surface area contributed by atoms with Crippen LogP contribution in [0.15, 0.2) is 18.2 Å². The first-order valence-electron chi connectivity index (χ1n) is 10.2. The third-order valence-electron chi connectivity index (χ3n) is 4.76. The van der Waals surface area contributed by atoms with E-state index in [9.17, 15) is 13.6 Å². The summed E-state index contributed by atoms with van der Waals surface area (Å²) >= 11 is 0. The van der Waals surface area contributed by atoms with E-state index in [2.05, 4.69) is 6.92 Å². The van der Waals surface area contributed by atoms with Crippen molar-refractivity contribution in [2.45, 2.75) is 97.0 Å². The van der Waals surface area contributed by atoms with Crippen molar-refractivity contribution in [3.05, 3.63) is 35.4 Å². The SMILES string of the molecule is CCCCCCCCCCCCC(CC)OC(=O)c1cc(F)ccc1F. The summed E-state index contributed by atoms with van der Waals surface area (Å²) in [6, 6.07) is 2.84. The standard InChI is InChI=1S/C22H34F2O2/c1-3-5-6-7-8-9-10-11-12-13-14-19(4-2)26-22(25)20-17-18(23)15-16-21(20)24/h15-17,19H,3-14H2,1-2H3. The van der Waals surface area contributed by atoms with Gasteiger partial charge in [0.15, 0.2) is 0 Å². The number of esters is 1. The van der Waals surface area contributed by atoms with E-state index in [1.54, 1.807) is 0 Å². The fourth-order valence-electron chi connectivity index (χ4n) is 3.07. The molecule has 26 heavy (non-hydrogen) atoms. The fourth-order valence-corrected chi connectivity index (χ4v) is 3.07. The van der Waals surface area contributed by atoms with Crippen LogP contribution in [0.1, 0.15) is 101 Å². The number of rotatable bonds is 14. The summed E-state index contributed by atoms with van der Waals surface area (Å²) in [6.07, 6.45) is 13.8. The lowest BCUT2D eigenvalue weighted by atomic mass is 10.0. The topological polar surface area (TPSA) is 26.3 Å². The molecule has 1 rings (SSSR count). The monoisotopic (exact) mass is 368 g/mol. The van der Waals surface area contributed by atoms with Gasteiger partial charge in [0.1, 0.15) is 17.7 Å². The number of halogens is 2. The molecule has 0 aromatic heterocycles. The van der Waals surface area contributed by atoms with E-state index in [-0.39, 0.29) is 11.7 Å². The van der Waals surface area contributed by atoms with E-state index in [1.807, 2.05) is 6.92 Å². The molecule has 1 atom stereocenters. The molecule has 1 unspecified atom stereocenters. The summed E-state index contributed by atoms with van der Waals surface area (Å²) in [5.74, 6) is -2.16. The molecule has 0 aliphatic rings. The van der Waals surface area contributed by atoms with E-state index in [4.69, 9.17) is 4.74 Å². The van der Waals surface area contributed by atoms with E-state index < -0.39 is 17.6 Å². The van der Waals surface area contributed by atoms with Crippen molar-refractivity contribution in [2.75, 3.05) is 0 Å². The fraction of sp³-hybridized carbons (Fsp3) is 0.682. The molecule has 0 amide bonds. The lowest BCUT2D eigenvalue weighted by Crippen LogP contribution is -2.18. The molecule has 0 bridgehead atoms. The van der Waals surface area contributed by atoms with Crippen LogP contribution < -0.4 is 0 Å². The average molecular weight is 369 g/mol. The van der Waals surface area contributed by atoms with Crippen LogP contribution in [0, 0.1) is 11.6 Å². The number of carbonyl (C=O) groups is 1. The molecule has 148 valence electrons. The molecule has 1 aromatic rings. The van der Waals surface area contributed by atoms with E-state index in [0.29, 0.717) is 6.42 Å². The van der Waals surface area contributed by atoms with Crippen molar-refractivity contribution in [3.63, 3.8) is 0 Å². The van der Waals surface area contributed by atoms with E-state index >= 15 is 0 Å². The Hall–Kier alpha value is -1.45.